The van der Waals surface area contributed by atoms with Gasteiger partial charge in [0.1, 0.15) is 11.2 Å². The number of anilines is 1. The Labute approximate surface area is 206 Å². The molecule has 0 radical (unpaired) electrons. The van der Waals surface area contributed by atoms with Crippen molar-refractivity contribution in [3.63, 3.8) is 0 Å². The first-order chi connectivity index (χ1) is 16.5. The minimum Gasteiger partial charge on any atom is -0.492 e. The fourth-order valence-corrected chi connectivity index (χ4v) is 4.05. The number of amides is 1. The van der Waals surface area contributed by atoms with Gasteiger partial charge in [0.2, 0.25) is 0 Å². The first kappa shape index (κ1) is 26.2. The summed E-state index contributed by atoms with van der Waals surface area (Å²) in [5.41, 5.74) is -1.15. The third kappa shape index (κ3) is 6.20. The second kappa shape index (κ2) is 10.9. The number of aromatic nitrogens is 3. The molecule has 0 saturated carbocycles. The van der Waals surface area contributed by atoms with E-state index in [-0.39, 0.29) is 52.7 Å². The fraction of sp³-hybridized carbons (Fsp3) is 0.273. The number of ketones is 2. The van der Waals surface area contributed by atoms with Crippen molar-refractivity contribution in [1.29, 1.82) is 0 Å². The van der Waals surface area contributed by atoms with Crippen molar-refractivity contribution in [3.8, 4) is 5.75 Å². The van der Waals surface area contributed by atoms with Crippen LogP contribution in [-0.4, -0.2) is 39.5 Å². The molecular formula is C22H18ClF3N4O4S. The van der Waals surface area contributed by atoms with E-state index in [1.165, 1.54) is 19.4 Å². The lowest BCUT2D eigenvalue weighted by atomic mass is 10.1. The number of methoxy groups -OCH3 is 1. The summed E-state index contributed by atoms with van der Waals surface area (Å²) in [5, 5.41) is 2.35. The molecule has 0 aliphatic heterocycles. The number of Topliss-reactive ketones (excluding diaryl/α,β-unsaturated/α-hetero) is 2. The second-order valence-electron chi connectivity index (χ2n) is 7.07. The molecule has 0 bridgehead atoms. The van der Waals surface area contributed by atoms with Gasteiger partial charge in [0.25, 0.3) is 5.91 Å². The highest BCUT2D eigenvalue weighted by molar-refractivity contribution is 7.13. The van der Waals surface area contributed by atoms with E-state index in [9.17, 15) is 27.6 Å². The van der Waals surface area contributed by atoms with E-state index >= 15 is 0 Å². The number of thiazole rings is 1. The summed E-state index contributed by atoms with van der Waals surface area (Å²) in [4.78, 5) is 49.3. The Bertz CT molecular complexity index is 1280. The summed E-state index contributed by atoms with van der Waals surface area (Å²) in [7, 11) is 1.31. The van der Waals surface area contributed by atoms with Crippen LogP contribution in [0.2, 0.25) is 5.02 Å². The number of benzene rings is 1. The molecule has 1 N–H and O–H groups in total. The first-order valence-electron chi connectivity index (χ1n) is 10.1. The predicted octanol–water partition coefficient (Wildman–Crippen LogP) is 5.27. The van der Waals surface area contributed by atoms with Gasteiger partial charge in [-0.05, 0) is 18.2 Å². The van der Waals surface area contributed by atoms with Crippen molar-refractivity contribution < 1.29 is 32.3 Å². The topological polar surface area (TPSA) is 111 Å². The van der Waals surface area contributed by atoms with Gasteiger partial charge in [-0.3, -0.25) is 14.4 Å². The molecule has 3 rings (SSSR count). The molecule has 0 aliphatic rings. The third-order valence-corrected chi connectivity index (χ3v) is 6.12. The molecule has 35 heavy (non-hydrogen) atoms. The van der Waals surface area contributed by atoms with Crippen LogP contribution in [0.15, 0.2) is 30.7 Å². The number of ether oxygens (including phenoxy) is 1. The Kier molecular flexibility index (Phi) is 8.18. The molecule has 0 aliphatic carbocycles. The molecule has 0 saturated heterocycles. The van der Waals surface area contributed by atoms with Gasteiger partial charge in [0, 0.05) is 24.9 Å². The largest absolute Gasteiger partial charge is 0.492 e. The van der Waals surface area contributed by atoms with Gasteiger partial charge in [-0.2, -0.15) is 13.2 Å². The Morgan fingerprint density at radius 3 is 2.43 bits per heavy atom. The van der Waals surface area contributed by atoms with Crippen molar-refractivity contribution in [2.75, 3.05) is 12.4 Å². The average molecular weight is 527 g/mol. The van der Waals surface area contributed by atoms with Crippen molar-refractivity contribution in [2.45, 2.75) is 32.4 Å². The van der Waals surface area contributed by atoms with Crippen LogP contribution >= 0.6 is 22.9 Å². The van der Waals surface area contributed by atoms with Crippen LogP contribution in [0.4, 0.5) is 18.9 Å². The monoisotopic (exact) mass is 526 g/mol. The molecule has 13 heteroatoms. The third-order valence-electron chi connectivity index (χ3n) is 4.73. The molecule has 8 nitrogen and oxygen atoms in total. The maximum Gasteiger partial charge on any atom is 0.417 e. The lowest BCUT2D eigenvalue weighted by Crippen LogP contribution is -2.12. The predicted molar refractivity (Wildman–Crippen MR) is 122 cm³/mol. The van der Waals surface area contributed by atoms with Crippen LogP contribution in [0.3, 0.4) is 0 Å². The van der Waals surface area contributed by atoms with E-state index in [0.717, 1.165) is 29.8 Å². The van der Waals surface area contributed by atoms with Crippen LogP contribution in [0, 0.1) is 0 Å². The molecule has 2 heterocycles. The maximum atomic E-state index is 13.0. The van der Waals surface area contributed by atoms with Crippen LogP contribution in [0.1, 0.15) is 61.0 Å². The van der Waals surface area contributed by atoms with Gasteiger partial charge in [0.05, 0.1) is 28.9 Å². The van der Waals surface area contributed by atoms with Gasteiger partial charge in [0.15, 0.2) is 28.7 Å². The number of alkyl halides is 3. The highest BCUT2D eigenvalue weighted by Gasteiger charge is 2.33. The molecule has 0 atom stereocenters. The van der Waals surface area contributed by atoms with E-state index in [2.05, 4.69) is 20.3 Å². The molecule has 2 aromatic heterocycles. The van der Waals surface area contributed by atoms with Gasteiger partial charge in [-0.15, -0.1) is 11.3 Å². The Balaban J connectivity index is 1.68. The Morgan fingerprint density at radius 2 is 1.80 bits per heavy atom. The van der Waals surface area contributed by atoms with E-state index in [4.69, 9.17) is 16.3 Å². The van der Waals surface area contributed by atoms with Crippen LogP contribution in [0.25, 0.3) is 0 Å². The van der Waals surface area contributed by atoms with Gasteiger partial charge in [-0.25, -0.2) is 15.0 Å². The first-order valence-corrected chi connectivity index (χ1v) is 11.3. The number of halogens is 4. The minimum atomic E-state index is -4.67. The number of hydrogen-bond donors (Lipinski definition) is 1. The van der Waals surface area contributed by atoms with Crippen molar-refractivity contribution in [2.24, 2.45) is 0 Å². The van der Waals surface area contributed by atoms with Crippen molar-refractivity contribution in [1.82, 2.24) is 15.0 Å². The number of rotatable bonds is 9. The number of nitrogens with zero attached hydrogens (tertiary/aromatic N) is 3. The number of carbonyl (C=O) groups excluding carboxylic acids is 3. The second-order valence-corrected chi connectivity index (χ2v) is 8.59. The van der Waals surface area contributed by atoms with E-state index in [0.29, 0.717) is 5.01 Å². The van der Waals surface area contributed by atoms with E-state index < -0.39 is 28.5 Å². The quantitative estimate of drug-likeness (QED) is 0.378. The highest BCUT2D eigenvalue weighted by atomic mass is 35.5. The maximum absolute atomic E-state index is 13.0. The van der Waals surface area contributed by atoms with E-state index in [1.54, 1.807) is 6.92 Å². The van der Waals surface area contributed by atoms with Crippen LogP contribution in [0.5, 0.6) is 5.75 Å². The summed E-state index contributed by atoms with van der Waals surface area (Å²) in [6.45, 7) is 1.66. The zero-order valence-corrected chi connectivity index (χ0v) is 20.0. The van der Waals surface area contributed by atoms with Crippen molar-refractivity contribution >= 4 is 46.1 Å². The molecular weight excluding hydrogens is 509 g/mol. The number of hydrogen-bond acceptors (Lipinski definition) is 8. The molecule has 0 spiro atoms. The summed E-state index contributed by atoms with van der Waals surface area (Å²) in [6.07, 6.45) is -1.97. The lowest BCUT2D eigenvalue weighted by molar-refractivity contribution is -0.137. The van der Waals surface area contributed by atoms with Crippen molar-refractivity contribution in [3.05, 3.63) is 62.6 Å². The van der Waals surface area contributed by atoms with Gasteiger partial charge >= 0.3 is 6.18 Å². The zero-order valence-electron chi connectivity index (χ0n) is 18.4. The molecule has 0 unspecified atom stereocenters. The van der Waals surface area contributed by atoms with Gasteiger partial charge in [-0.1, -0.05) is 18.5 Å². The summed E-state index contributed by atoms with van der Waals surface area (Å²) in [5.74, 6) is -1.35. The smallest absolute Gasteiger partial charge is 0.417 e. The minimum absolute atomic E-state index is 0.00439. The number of carbonyl (C=O) groups is 3. The standard InChI is InChI=1S/C22H18ClF3N4O4S/c1-3-14(31)18-20(34-2)19(29-10-28-18)15(32)6-7-17-27-9-16(35-17)21(33)30-11-4-5-13(23)12(8-11)22(24,25)26/h4-5,8-10H,3,6-7H2,1-2H3,(H,30,33). The normalized spacial score (nSPS) is 11.3. The lowest BCUT2D eigenvalue weighted by Gasteiger charge is -2.11. The van der Waals surface area contributed by atoms with Gasteiger partial charge < -0.3 is 10.1 Å². The molecule has 3 aromatic rings. The number of aryl methyl sites for hydroxylation is 1. The summed E-state index contributed by atoms with van der Waals surface area (Å²) >= 11 is 6.58. The average Bonchev–Trinajstić information content (AvgIpc) is 3.31. The summed E-state index contributed by atoms with van der Waals surface area (Å²) < 4.78 is 44.3. The van der Waals surface area contributed by atoms with E-state index in [1.807, 2.05) is 0 Å². The molecule has 0 fully saturated rings. The molecule has 1 amide bonds. The SMILES string of the molecule is CCC(=O)c1ncnc(C(=O)CCc2ncc(C(=O)Nc3ccc(Cl)c(C(F)(F)F)c3)s2)c1OC. The molecule has 1 aromatic carbocycles. The van der Waals surface area contributed by atoms with Crippen LogP contribution in [-0.2, 0) is 12.6 Å². The molecule has 184 valence electrons. The Morgan fingerprint density at radius 1 is 1.11 bits per heavy atom. The Hall–Kier alpha value is -3.38. The fourth-order valence-electron chi connectivity index (χ4n) is 3.01. The zero-order chi connectivity index (χ0) is 25.8. The summed E-state index contributed by atoms with van der Waals surface area (Å²) in [6, 6.07) is 3.04. The number of nitrogens with one attached hydrogen (secondary N) is 1. The van der Waals surface area contributed by atoms with Crippen LogP contribution < -0.4 is 10.1 Å². The highest BCUT2D eigenvalue weighted by Crippen LogP contribution is 2.36.